The first kappa shape index (κ1) is 13.8. The van der Waals surface area contributed by atoms with Crippen LogP contribution >= 0.6 is 0 Å². The molecule has 2 aromatic rings. The van der Waals surface area contributed by atoms with E-state index in [2.05, 4.69) is 5.10 Å². The molecule has 0 spiro atoms. The zero-order valence-electron chi connectivity index (χ0n) is 11.8. The van der Waals surface area contributed by atoms with Crippen molar-refractivity contribution in [2.75, 3.05) is 11.6 Å². The monoisotopic (exact) mass is 284 g/mol. The summed E-state index contributed by atoms with van der Waals surface area (Å²) >= 11 is 0. The van der Waals surface area contributed by atoms with E-state index < -0.39 is 0 Å². The topological polar surface area (TPSA) is 35.8 Å². The number of para-hydroxylation sites is 1. The molecule has 0 aliphatic carbocycles. The smallest absolute Gasteiger partial charge is 0.123 e. The van der Waals surface area contributed by atoms with Gasteiger partial charge < -0.3 is 5.11 Å². The fraction of sp³-hybridized carbons (Fsp3) is 0.235. The molecule has 2 aromatic carbocycles. The van der Waals surface area contributed by atoms with E-state index in [0.29, 0.717) is 0 Å². The number of rotatable bonds is 3. The summed E-state index contributed by atoms with van der Waals surface area (Å²) in [6.07, 6.45) is 0. The second-order valence-electron chi connectivity index (χ2n) is 5.21. The van der Waals surface area contributed by atoms with Crippen LogP contribution in [0.2, 0.25) is 0 Å². The highest BCUT2D eigenvalue weighted by Gasteiger charge is 2.35. The van der Waals surface area contributed by atoms with Crippen LogP contribution in [-0.2, 0) is 0 Å². The number of nitrogens with zero attached hydrogens (tertiary/aromatic N) is 2. The summed E-state index contributed by atoms with van der Waals surface area (Å²) in [6.45, 7) is 2.05. The van der Waals surface area contributed by atoms with Crippen molar-refractivity contribution in [1.29, 1.82) is 0 Å². The third-order valence-electron chi connectivity index (χ3n) is 3.89. The summed E-state index contributed by atoms with van der Waals surface area (Å²) in [5.41, 5.74) is 2.71. The number of anilines is 1. The maximum absolute atomic E-state index is 13.1. The minimum Gasteiger partial charge on any atom is -0.394 e. The van der Waals surface area contributed by atoms with Gasteiger partial charge in [0, 0.05) is 5.92 Å². The lowest BCUT2D eigenvalue weighted by atomic mass is 9.93. The first-order chi connectivity index (χ1) is 10.2. The SMILES string of the molecule is C[C@H]1C(c2ccc(F)cc2)=NN(c2ccccc2)[C@@H]1CO. The lowest BCUT2D eigenvalue weighted by molar-refractivity contribution is 0.250. The third kappa shape index (κ3) is 2.54. The van der Waals surface area contributed by atoms with E-state index in [0.717, 1.165) is 17.0 Å². The van der Waals surface area contributed by atoms with E-state index in [1.165, 1.54) is 12.1 Å². The van der Waals surface area contributed by atoms with E-state index in [1.807, 2.05) is 42.3 Å². The highest BCUT2D eigenvalue weighted by atomic mass is 19.1. The highest BCUT2D eigenvalue weighted by Crippen LogP contribution is 2.30. The molecule has 108 valence electrons. The van der Waals surface area contributed by atoms with Crippen molar-refractivity contribution in [2.24, 2.45) is 11.0 Å². The van der Waals surface area contributed by atoms with Crippen LogP contribution in [0.5, 0.6) is 0 Å². The van der Waals surface area contributed by atoms with E-state index >= 15 is 0 Å². The van der Waals surface area contributed by atoms with Crippen molar-refractivity contribution >= 4 is 11.4 Å². The van der Waals surface area contributed by atoms with Gasteiger partial charge in [-0.15, -0.1) is 0 Å². The molecule has 3 rings (SSSR count). The molecule has 2 atom stereocenters. The number of aliphatic hydroxyl groups is 1. The van der Waals surface area contributed by atoms with Crippen LogP contribution in [0.1, 0.15) is 12.5 Å². The Hall–Kier alpha value is -2.20. The van der Waals surface area contributed by atoms with Crippen LogP contribution in [0.4, 0.5) is 10.1 Å². The fourth-order valence-electron chi connectivity index (χ4n) is 2.68. The highest BCUT2D eigenvalue weighted by molar-refractivity contribution is 6.04. The van der Waals surface area contributed by atoms with Crippen molar-refractivity contribution in [3.63, 3.8) is 0 Å². The maximum atomic E-state index is 13.1. The van der Waals surface area contributed by atoms with E-state index in [-0.39, 0.29) is 24.4 Å². The number of aliphatic hydroxyl groups excluding tert-OH is 1. The first-order valence-electron chi connectivity index (χ1n) is 7.00. The molecule has 1 aliphatic heterocycles. The van der Waals surface area contributed by atoms with E-state index in [4.69, 9.17) is 0 Å². The molecule has 1 N–H and O–H groups in total. The summed E-state index contributed by atoms with van der Waals surface area (Å²) in [5, 5.41) is 16.2. The van der Waals surface area contributed by atoms with Gasteiger partial charge in [0.2, 0.25) is 0 Å². The molecule has 0 bridgehead atoms. The summed E-state index contributed by atoms with van der Waals surface area (Å²) in [5.74, 6) is -0.190. The van der Waals surface area contributed by atoms with Gasteiger partial charge in [-0.2, -0.15) is 5.10 Å². The van der Waals surface area contributed by atoms with E-state index in [1.54, 1.807) is 12.1 Å². The van der Waals surface area contributed by atoms with Crippen LogP contribution in [0, 0.1) is 11.7 Å². The molecular weight excluding hydrogens is 267 g/mol. The Morgan fingerprint density at radius 3 is 2.38 bits per heavy atom. The molecule has 3 nitrogen and oxygen atoms in total. The van der Waals surface area contributed by atoms with Crippen molar-refractivity contribution < 1.29 is 9.50 Å². The summed E-state index contributed by atoms with van der Waals surface area (Å²) in [6, 6.07) is 16.0. The number of halogens is 1. The maximum Gasteiger partial charge on any atom is 0.123 e. The Labute approximate surface area is 123 Å². The summed E-state index contributed by atoms with van der Waals surface area (Å²) in [7, 11) is 0. The summed E-state index contributed by atoms with van der Waals surface area (Å²) < 4.78 is 13.1. The van der Waals surface area contributed by atoms with Crippen molar-refractivity contribution in [2.45, 2.75) is 13.0 Å². The van der Waals surface area contributed by atoms with Crippen molar-refractivity contribution in [3.8, 4) is 0 Å². The van der Waals surface area contributed by atoms with E-state index in [9.17, 15) is 9.50 Å². The Morgan fingerprint density at radius 1 is 1.10 bits per heavy atom. The second-order valence-corrected chi connectivity index (χ2v) is 5.21. The molecule has 0 saturated heterocycles. The zero-order chi connectivity index (χ0) is 14.8. The molecule has 1 heterocycles. The molecule has 21 heavy (non-hydrogen) atoms. The van der Waals surface area contributed by atoms with Gasteiger partial charge in [0.15, 0.2) is 0 Å². The second kappa shape index (κ2) is 5.66. The number of hydrogen-bond acceptors (Lipinski definition) is 3. The van der Waals surface area contributed by atoms with Gasteiger partial charge in [-0.3, -0.25) is 5.01 Å². The van der Waals surface area contributed by atoms with Crippen LogP contribution in [0.3, 0.4) is 0 Å². The quantitative estimate of drug-likeness (QED) is 0.940. The molecule has 0 amide bonds. The van der Waals surface area contributed by atoms with Gasteiger partial charge >= 0.3 is 0 Å². The van der Waals surface area contributed by atoms with Gasteiger partial charge in [0.25, 0.3) is 0 Å². The lowest BCUT2D eigenvalue weighted by Gasteiger charge is -2.24. The fourth-order valence-corrected chi connectivity index (χ4v) is 2.68. The molecule has 0 unspecified atom stereocenters. The predicted octanol–water partition coefficient (Wildman–Crippen LogP) is 3.05. The van der Waals surface area contributed by atoms with Gasteiger partial charge in [0.1, 0.15) is 5.82 Å². The first-order valence-corrected chi connectivity index (χ1v) is 7.00. The van der Waals surface area contributed by atoms with Crippen LogP contribution in [0.15, 0.2) is 59.7 Å². The number of hydrazone groups is 1. The van der Waals surface area contributed by atoms with Gasteiger partial charge in [-0.05, 0) is 29.8 Å². The minimum absolute atomic E-state index is 0.0181. The Kier molecular flexibility index (Phi) is 3.71. The predicted molar refractivity (Wildman–Crippen MR) is 81.9 cm³/mol. The van der Waals surface area contributed by atoms with Gasteiger partial charge in [0.05, 0.1) is 24.0 Å². The molecule has 4 heteroatoms. The Balaban J connectivity index is 1.99. The Bertz CT molecular complexity index is 640. The zero-order valence-corrected chi connectivity index (χ0v) is 11.8. The number of hydrogen-bond donors (Lipinski definition) is 1. The molecule has 0 fully saturated rings. The Morgan fingerprint density at radius 2 is 1.76 bits per heavy atom. The standard InChI is InChI=1S/C17H17FN2O/c1-12-16(11-21)20(15-5-3-2-4-6-15)19-17(12)13-7-9-14(18)10-8-13/h2-10,12,16,21H,11H2,1H3/t12-,16-/m1/s1. The molecular formula is C17H17FN2O. The summed E-state index contributed by atoms with van der Waals surface area (Å²) in [4.78, 5) is 0. The van der Waals surface area contributed by atoms with Gasteiger partial charge in [-0.1, -0.05) is 37.3 Å². The molecule has 1 aliphatic rings. The number of benzene rings is 2. The van der Waals surface area contributed by atoms with Crippen LogP contribution in [-0.4, -0.2) is 23.5 Å². The van der Waals surface area contributed by atoms with Crippen LogP contribution < -0.4 is 5.01 Å². The average Bonchev–Trinajstić information content (AvgIpc) is 2.86. The molecule has 0 radical (unpaired) electrons. The normalized spacial score (nSPS) is 21.5. The lowest BCUT2D eigenvalue weighted by Crippen LogP contribution is -2.35. The van der Waals surface area contributed by atoms with Crippen molar-refractivity contribution in [1.82, 2.24) is 0 Å². The van der Waals surface area contributed by atoms with Crippen LogP contribution in [0.25, 0.3) is 0 Å². The van der Waals surface area contributed by atoms with Gasteiger partial charge in [-0.25, -0.2) is 4.39 Å². The minimum atomic E-state index is -0.261. The molecule has 0 aromatic heterocycles. The van der Waals surface area contributed by atoms with Crippen molar-refractivity contribution in [3.05, 3.63) is 66.0 Å². The largest absolute Gasteiger partial charge is 0.394 e. The molecule has 0 saturated carbocycles. The third-order valence-corrected chi connectivity index (χ3v) is 3.89. The average molecular weight is 284 g/mol.